The fourth-order valence-corrected chi connectivity index (χ4v) is 1.82. The van der Waals surface area contributed by atoms with Gasteiger partial charge < -0.3 is 16.2 Å². The van der Waals surface area contributed by atoms with Crippen molar-refractivity contribution in [3.63, 3.8) is 0 Å². The predicted molar refractivity (Wildman–Crippen MR) is 73.5 cm³/mol. The summed E-state index contributed by atoms with van der Waals surface area (Å²) < 4.78 is 19.2. The number of nitrogens with two attached hydrogens (primary N) is 2. The first-order valence-electron chi connectivity index (χ1n) is 5.29. The molecule has 0 fully saturated rings. The van der Waals surface area contributed by atoms with Gasteiger partial charge in [-0.25, -0.2) is 4.39 Å². The molecule has 0 spiro atoms. The summed E-state index contributed by atoms with van der Waals surface area (Å²) in [7, 11) is 0. The molecule has 2 aromatic carbocycles. The van der Waals surface area contributed by atoms with Gasteiger partial charge in [-0.05, 0) is 46.3 Å². The van der Waals surface area contributed by atoms with Crippen LogP contribution in [0.3, 0.4) is 0 Å². The molecule has 0 radical (unpaired) electrons. The number of rotatable bonds is 3. The molecule has 1 amide bonds. The van der Waals surface area contributed by atoms with Gasteiger partial charge >= 0.3 is 0 Å². The lowest BCUT2D eigenvalue weighted by Crippen LogP contribution is -2.13. The highest BCUT2D eigenvalue weighted by molar-refractivity contribution is 9.10. The van der Waals surface area contributed by atoms with Gasteiger partial charge in [-0.1, -0.05) is 0 Å². The molecule has 2 rings (SSSR count). The molecule has 0 aliphatic rings. The van der Waals surface area contributed by atoms with Gasteiger partial charge in [-0.15, -0.1) is 0 Å². The number of halogens is 2. The highest BCUT2D eigenvalue weighted by Crippen LogP contribution is 2.31. The van der Waals surface area contributed by atoms with E-state index in [4.69, 9.17) is 16.2 Å². The van der Waals surface area contributed by atoms with Gasteiger partial charge in [0.15, 0.2) is 0 Å². The maximum Gasteiger partial charge on any atom is 0.250 e. The van der Waals surface area contributed by atoms with Gasteiger partial charge in [0, 0.05) is 11.8 Å². The molecule has 0 saturated heterocycles. The summed E-state index contributed by atoms with van der Waals surface area (Å²) in [5, 5.41) is 0. The van der Waals surface area contributed by atoms with Crippen molar-refractivity contribution in [1.29, 1.82) is 0 Å². The van der Waals surface area contributed by atoms with E-state index in [1.807, 2.05) is 0 Å². The van der Waals surface area contributed by atoms with E-state index >= 15 is 0 Å². The van der Waals surface area contributed by atoms with Crippen molar-refractivity contribution < 1.29 is 13.9 Å². The van der Waals surface area contributed by atoms with Crippen LogP contribution in [0.25, 0.3) is 0 Å². The highest BCUT2D eigenvalue weighted by Gasteiger charge is 2.09. The third kappa shape index (κ3) is 3.03. The molecule has 0 saturated carbocycles. The Labute approximate surface area is 117 Å². The van der Waals surface area contributed by atoms with Crippen molar-refractivity contribution in [2.75, 3.05) is 5.73 Å². The molecular formula is C13H10BrFN2O2. The molecule has 98 valence electrons. The van der Waals surface area contributed by atoms with Gasteiger partial charge in [0.25, 0.3) is 5.91 Å². The van der Waals surface area contributed by atoms with E-state index in [2.05, 4.69) is 15.9 Å². The second-order valence-electron chi connectivity index (χ2n) is 3.79. The lowest BCUT2D eigenvalue weighted by Gasteiger charge is -2.09. The quantitative estimate of drug-likeness (QED) is 0.851. The first-order valence-corrected chi connectivity index (χ1v) is 6.09. The zero-order valence-electron chi connectivity index (χ0n) is 9.69. The second kappa shape index (κ2) is 5.27. The minimum atomic E-state index is -0.652. The number of benzene rings is 2. The Hall–Kier alpha value is -2.08. The monoisotopic (exact) mass is 324 g/mol. The topological polar surface area (TPSA) is 78.3 Å². The Kier molecular flexibility index (Phi) is 3.71. The number of carbonyl (C=O) groups is 1. The van der Waals surface area contributed by atoms with Crippen LogP contribution in [0.2, 0.25) is 0 Å². The Morgan fingerprint density at radius 3 is 2.63 bits per heavy atom. The molecule has 19 heavy (non-hydrogen) atoms. The molecule has 0 aromatic heterocycles. The van der Waals surface area contributed by atoms with E-state index < -0.39 is 11.7 Å². The average molecular weight is 325 g/mol. The van der Waals surface area contributed by atoms with Crippen LogP contribution >= 0.6 is 15.9 Å². The number of amides is 1. The van der Waals surface area contributed by atoms with Crippen LogP contribution in [0, 0.1) is 5.82 Å². The van der Waals surface area contributed by atoms with Crippen molar-refractivity contribution in [3.8, 4) is 11.5 Å². The Bertz CT molecular complexity index is 647. The summed E-state index contributed by atoms with van der Waals surface area (Å²) in [5.41, 5.74) is 11.2. The fourth-order valence-electron chi connectivity index (χ4n) is 1.49. The van der Waals surface area contributed by atoms with Crippen LogP contribution in [0.15, 0.2) is 40.9 Å². The predicted octanol–water partition coefficient (Wildman–Crippen LogP) is 3.06. The summed E-state index contributed by atoms with van der Waals surface area (Å²) >= 11 is 3.24. The molecule has 0 atom stereocenters. The summed E-state index contributed by atoms with van der Waals surface area (Å²) in [6.07, 6.45) is 0. The number of hydrogen-bond acceptors (Lipinski definition) is 3. The lowest BCUT2D eigenvalue weighted by atomic mass is 10.1. The fraction of sp³-hybridized carbons (Fsp3) is 0. The van der Waals surface area contributed by atoms with Gasteiger partial charge in [-0.3, -0.25) is 4.79 Å². The molecule has 6 heteroatoms. The molecule has 0 bridgehead atoms. The second-order valence-corrected chi connectivity index (χ2v) is 4.64. The number of ether oxygens (including phenoxy) is 1. The molecular weight excluding hydrogens is 315 g/mol. The SMILES string of the molecule is NC(=O)c1cc(Oc2cc(F)ccc2Br)ccc1N. The summed E-state index contributed by atoms with van der Waals surface area (Å²) in [5.74, 6) is -0.445. The largest absolute Gasteiger partial charge is 0.456 e. The molecule has 0 aliphatic carbocycles. The van der Waals surface area contributed by atoms with E-state index in [1.165, 1.54) is 30.3 Å². The number of nitrogen functional groups attached to an aromatic ring is 1. The van der Waals surface area contributed by atoms with Gasteiger partial charge in [-0.2, -0.15) is 0 Å². The molecule has 2 aromatic rings. The number of primary amides is 1. The molecule has 4 N–H and O–H groups in total. The number of hydrogen-bond donors (Lipinski definition) is 2. The lowest BCUT2D eigenvalue weighted by molar-refractivity contribution is 0.100. The zero-order chi connectivity index (χ0) is 14.0. The van der Waals surface area contributed by atoms with E-state index in [1.54, 1.807) is 6.07 Å². The van der Waals surface area contributed by atoms with Gasteiger partial charge in [0.05, 0.1) is 10.0 Å². The minimum Gasteiger partial charge on any atom is -0.456 e. The third-order valence-electron chi connectivity index (χ3n) is 2.41. The summed E-state index contributed by atoms with van der Waals surface area (Å²) in [4.78, 5) is 11.2. The van der Waals surface area contributed by atoms with E-state index in [9.17, 15) is 9.18 Å². The van der Waals surface area contributed by atoms with Crippen molar-refractivity contribution >= 4 is 27.5 Å². The third-order valence-corrected chi connectivity index (χ3v) is 3.07. The van der Waals surface area contributed by atoms with Crippen LogP contribution in [0.4, 0.5) is 10.1 Å². The van der Waals surface area contributed by atoms with Crippen molar-refractivity contribution in [1.82, 2.24) is 0 Å². The van der Waals surface area contributed by atoms with Crippen LogP contribution in [0.5, 0.6) is 11.5 Å². The first-order chi connectivity index (χ1) is 8.97. The van der Waals surface area contributed by atoms with E-state index in [0.29, 0.717) is 16.0 Å². The summed E-state index contributed by atoms with van der Waals surface area (Å²) in [6, 6.07) is 8.53. The normalized spacial score (nSPS) is 10.2. The average Bonchev–Trinajstić information content (AvgIpc) is 2.36. The molecule has 4 nitrogen and oxygen atoms in total. The zero-order valence-corrected chi connectivity index (χ0v) is 11.3. The molecule has 0 unspecified atom stereocenters. The van der Waals surface area contributed by atoms with Crippen molar-refractivity contribution in [3.05, 3.63) is 52.3 Å². The van der Waals surface area contributed by atoms with Crippen LogP contribution in [0.1, 0.15) is 10.4 Å². The Morgan fingerprint density at radius 1 is 1.21 bits per heavy atom. The van der Waals surface area contributed by atoms with Crippen LogP contribution in [-0.4, -0.2) is 5.91 Å². The molecule has 0 aliphatic heterocycles. The summed E-state index contributed by atoms with van der Waals surface area (Å²) in [6.45, 7) is 0. The highest BCUT2D eigenvalue weighted by atomic mass is 79.9. The molecule has 0 heterocycles. The number of anilines is 1. The van der Waals surface area contributed by atoms with E-state index in [-0.39, 0.29) is 11.3 Å². The van der Waals surface area contributed by atoms with Crippen molar-refractivity contribution in [2.45, 2.75) is 0 Å². The van der Waals surface area contributed by atoms with Crippen LogP contribution < -0.4 is 16.2 Å². The smallest absolute Gasteiger partial charge is 0.250 e. The maximum absolute atomic E-state index is 13.1. The van der Waals surface area contributed by atoms with Gasteiger partial charge in [0.1, 0.15) is 17.3 Å². The van der Waals surface area contributed by atoms with Gasteiger partial charge in [0.2, 0.25) is 0 Å². The minimum absolute atomic E-state index is 0.157. The van der Waals surface area contributed by atoms with E-state index in [0.717, 1.165) is 0 Å². The Balaban J connectivity index is 2.36. The van der Waals surface area contributed by atoms with Crippen molar-refractivity contribution in [2.24, 2.45) is 5.73 Å². The number of carbonyl (C=O) groups excluding carboxylic acids is 1. The Morgan fingerprint density at radius 2 is 1.95 bits per heavy atom. The first kappa shape index (κ1) is 13.4. The standard InChI is InChI=1S/C13H10BrFN2O2/c14-10-3-1-7(15)5-12(10)19-8-2-4-11(16)9(6-8)13(17)18/h1-6H,16H2,(H2,17,18). The van der Waals surface area contributed by atoms with Crippen LogP contribution in [-0.2, 0) is 0 Å². The maximum atomic E-state index is 13.1.